The Morgan fingerprint density at radius 1 is 0.379 bits per heavy atom. The Bertz CT molecular complexity index is 3490. The van der Waals surface area contributed by atoms with Crippen LogP contribution in [0.3, 0.4) is 0 Å². The molecule has 0 N–H and O–H groups in total. The predicted molar refractivity (Wildman–Crippen MR) is 241 cm³/mol. The van der Waals surface area contributed by atoms with Gasteiger partial charge < -0.3 is 0 Å². The van der Waals surface area contributed by atoms with Gasteiger partial charge in [0.05, 0.1) is 11.0 Å². The fraction of sp³-hybridized carbons (Fsp3) is 0.0556. The number of hydrogen-bond acceptors (Lipinski definition) is 3. The molecular formula is C54H36N4. The number of rotatable bonds is 4. The molecule has 0 atom stereocenters. The van der Waals surface area contributed by atoms with E-state index in [0.29, 0.717) is 17.6 Å². The van der Waals surface area contributed by atoms with Gasteiger partial charge in [-0.25, -0.2) is 4.98 Å². The maximum atomic E-state index is 5.40. The van der Waals surface area contributed by atoms with E-state index in [1.807, 2.05) is 18.2 Å². The zero-order valence-corrected chi connectivity index (χ0v) is 32.1. The van der Waals surface area contributed by atoms with E-state index in [2.05, 4.69) is 182 Å². The highest BCUT2D eigenvalue weighted by Gasteiger charge is 2.37. The van der Waals surface area contributed by atoms with Crippen molar-refractivity contribution in [3.05, 3.63) is 193 Å². The Balaban J connectivity index is 1.16. The maximum Gasteiger partial charge on any atom is 0.238 e. The Labute approximate surface area is 335 Å². The molecule has 0 saturated carbocycles. The topological polar surface area (TPSA) is 43.6 Å². The first-order valence-corrected chi connectivity index (χ1v) is 19.9. The molecule has 0 spiro atoms. The van der Waals surface area contributed by atoms with Crippen molar-refractivity contribution in [2.45, 2.75) is 19.3 Å². The van der Waals surface area contributed by atoms with Gasteiger partial charge in [0.2, 0.25) is 5.95 Å². The fourth-order valence-corrected chi connectivity index (χ4v) is 9.57. The van der Waals surface area contributed by atoms with Gasteiger partial charge in [-0.05, 0) is 66.9 Å². The zero-order valence-electron chi connectivity index (χ0n) is 32.1. The minimum Gasteiger partial charge on any atom is -0.277 e. The smallest absolute Gasteiger partial charge is 0.238 e. The molecule has 12 rings (SSSR count). The summed E-state index contributed by atoms with van der Waals surface area (Å²) in [5.74, 6) is 1.85. The monoisotopic (exact) mass is 740 g/mol. The number of aromatic nitrogens is 4. The van der Waals surface area contributed by atoms with Gasteiger partial charge in [0.1, 0.15) is 0 Å². The molecule has 0 radical (unpaired) electrons. The average Bonchev–Trinajstić information content (AvgIpc) is 3.75. The summed E-state index contributed by atoms with van der Waals surface area (Å²) in [6, 6.07) is 65.4. The third-order valence-electron chi connectivity index (χ3n) is 12.4. The SMILES string of the molecule is CC1(C)c2cc(-c3cccc4c5ccc6ccccc6c5n(-c5nc(-c6ccccc6)nc(-c6ccc7ccccc7c6)n5)c34)ccc2-c2c1ccc1ccccc21. The van der Waals surface area contributed by atoms with Crippen molar-refractivity contribution in [3.8, 4) is 51.0 Å². The van der Waals surface area contributed by atoms with Crippen molar-refractivity contribution < 1.29 is 0 Å². The number of nitrogens with zero attached hydrogens (tertiary/aromatic N) is 4. The van der Waals surface area contributed by atoms with E-state index in [4.69, 9.17) is 15.0 Å². The van der Waals surface area contributed by atoms with E-state index in [0.717, 1.165) is 60.2 Å². The second-order valence-electron chi connectivity index (χ2n) is 16.0. The van der Waals surface area contributed by atoms with Crippen LogP contribution in [0.5, 0.6) is 0 Å². The van der Waals surface area contributed by atoms with Crippen LogP contribution in [-0.4, -0.2) is 19.5 Å². The summed E-state index contributed by atoms with van der Waals surface area (Å²) in [6.45, 7) is 4.73. The van der Waals surface area contributed by atoms with Crippen LogP contribution in [0.4, 0.5) is 0 Å². The van der Waals surface area contributed by atoms with Gasteiger partial charge in [0, 0.05) is 38.3 Å². The van der Waals surface area contributed by atoms with E-state index in [1.165, 1.54) is 38.4 Å². The molecule has 0 bridgehead atoms. The minimum atomic E-state index is -0.172. The maximum absolute atomic E-state index is 5.40. The largest absolute Gasteiger partial charge is 0.277 e. The van der Waals surface area contributed by atoms with Crippen molar-refractivity contribution in [3.63, 3.8) is 0 Å². The summed E-state index contributed by atoms with van der Waals surface area (Å²) in [5.41, 5.74) is 11.5. The summed E-state index contributed by atoms with van der Waals surface area (Å²) >= 11 is 0. The van der Waals surface area contributed by atoms with Crippen LogP contribution in [0, 0.1) is 0 Å². The molecule has 0 amide bonds. The second-order valence-corrected chi connectivity index (χ2v) is 16.0. The molecule has 4 nitrogen and oxygen atoms in total. The normalized spacial score (nSPS) is 13.1. The summed E-state index contributed by atoms with van der Waals surface area (Å²) in [5, 5.41) is 9.52. The van der Waals surface area contributed by atoms with Crippen molar-refractivity contribution in [1.29, 1.82) is 0 Å². The van der Waals surface area contributed by atoms with Crippen LogP contribution in [0.15, 0.2) is 182 Å². The fourth-order valence-electron chi connectivity index (χ4n) is 9.57. The molecule has 9 aromatic carbocycles. The van der Waals surface area contributed by atoms with E-state index < -0.39 is 0 Å². The number of hydrogen-bond donors (Lipinski definition) is 0. The highest BCUT2D eigenvalue weighted by Crippen LogP contribution is 2.52. The van der Waals surface area contributed by atoms with Gasteiger partial charge >= 0.3 is 0 Å². The first-order valence-electron chi connectivity index (χ1n) is 19.9. The molecule has 1 aliphatic rings. The lowest BCUT2D eigenvalue weighted by molar-refractivity contribution is 0.661. The lowest BCUT2D eigenvalue weighted by atomic mass is 9.81. The molecule has 0 aliphatic heterocycles. The molecule has 2 heterocycles. The van der Waals surface area contributed by atoms with E-state index in [-0.39, 0.29) is 5.41 Å². The third kappa shape index (κ3) is 4.78. The molecule has 58 heavy (non-hydrogen) atoms. The van der Waals surface area contributed by atoms with E-state index in [9.17, 15) is 0 Å². The van der Waals surface area contributed by atoms with Crippen LogP contribution >= 0.6 is 0 Å². The van der Waals surface area contributed by atoms with Gasteiger partial charge in [0.25, 0.3) is 0 Å². The van der Waals surface area contributed by atoms with Crippen LogP contribution in [0.2, 0.25) is 0 Å². The predicted octanol–water partition coefficient (Wildman–Crippen LogP) is 13.7. The van der Waals surface area contributed by atoms with Crippen molar-refractivity contribution in [2.24, 2.45) is 0 Å². The summed E-state index contributed by atoms with van der Waals surface area (Å²) < 4.78 is 2.31. The molecule has 2 aromatic heterocycles. The lowest BCUT2D eigenvalue weighted by Gasteiger charge is -2.22. The molecule has 272 valence electrons. The average molecular weight is 741 g/mol. The highest BCUT2D eigenvalue weighted by molar-refractivity contribution is 6.21. The summed E-state index contributed by atoms with van der Waals surface area (Å²) in [6.07, 6.45) is 0. The van der Waals surface area contributed by atoms with Gasteiger partial charge in [0.15, 0.2) is 11.6 Å². The Morgan fingerprint density at radius 2 is 1.00 bits per heavy atom. The van der Waals surface area contributed by atoms with Crippen molar-refractivity contribution in [2.75, 3.05) is 0 Å². The highest BCUT2D eigenvalue weighted by atomic mass is 15.2. The van der Waals surface area contributed by atoms with Crippen LogP contribution in [0.1, 0.15) is 25.0 Å². The molecular weight excluding hydrogens is 705 g/mol. The van der Waals surface area contributed by atoms with Gasteiger partial charge in [-0.3, -0.25) is 4.57 Å². The van der Waals surface area contributed by atoms with E-state index in [1.54, 1.807) is 0 Å². The first kappa shape index (κ1) is 32.8. The van der Waals surface area contributed by atoms with Gasteiger partial charge in [-0.1, -0.05) is 184 Å². The van der Waals surface area contributed by atoms with Crippen molar-refractivity contribution >= 4 is 54.1 Å². The van der Waals surface area contributed by atoms with Gasteiger partial charge in [-0.15, -0.1) is 0 Å². The molecule has 0 fully saturated rings. The van der Waals surface area contributed by atoms with Crippen molar-refractivity contribution in [1.82, 2.24) is 19.5 Å². The number of para-hydroxylation sites is 1. The Morgan fingerprint density at radius 3 is 1.83 bits per heavy atom. The molecule has 0 unspecified atom stereocenters. The van der Waals surface area contributed by atoms with Crippen LogP contribution in [-0.2, 0) is 5.41 Å². The van der Waals surface area contributed by atoms with Crippen LogP contribution < -0.4 is 0 Å². The van der Waals surface area contributed by atoms with E-state index >= 15 is 0 Å². The lowest BCUT2D eigenvalue weighted by Crippen LogP contribution is -2.15. The van der Waals surface area contributed by atoms with Gasteiger partial charge in [-0.2, -0.15) is 9.97 Å². The number of fused-ring (bicyclic) bond motifs is 11. The minimum absolute atomic E-state index is 0.172. The summed E-state index contributed by atoms with van der Waals surface area (Å²) in [7, 11) is 0. The Kier molecular flexibility index (Phi) is 6.94. The first-order chi connectivity index (χ1) is 28.5. The molecule has 11 aromatic rings. The molecule has 1 aliphatic carbocycles. The Hall–Kier alpha value is -7.43. The molecule has 0 saturated heterocycles. The molecule has 4 heteroatoms. The summed E-state index contributed by atoms with van der Waals surface area (Å²) in [4.78, 5) is 15.9. The third-order valence-corrected chi connectivity index (χ3v) is 12.4. The standard InChI is InChI=1S/C54H36N4/c1-54(2)46-30-27-34-14-8-10-19-40(34)48(46)45-29-26-38(32-47(45)54)42-21-12-22-43-44-28-25-35-15-9-11-20-41(35)49(44)58(50(42)43)53-56-51(36-16-4-3-5-17-36)55-52(57-53)39-24-23-33-13-6-7-18-37(33)31-39/h3-32H,1-2H3. The second kappa shape index (κ2) is 12.3. The quantitative estimate of drug-likeness (QED) is 0.180. The zero-order chi connectivity index (χ0) is 38.5. The van der Waals surface area contributed by atoms with Crippen LogP contribution in [0.25, 0.3) is 105 Å². The number of benzene rings is 9.